The lowest BCUT2D eigenvalue weighted by Gasteiger charge is -2.05. The number of carboxylic acid groups (broad SMARTS) is 1. The fourth-order valence-corrected chi connectivity index (χ4v) is 2.11. The number of rotatable bonds is 5. The lowest BCUT2D eigenvalue weighted by atomic mass is 10.1. The Morgan fingerprint density at radius 2 is 2.00 bits per heavy atom. The quantitative estimate of drug-likeness (QED) is 0.789. The largest absolute Gasteiger partial charge is 0.478 e. The van der Waals surface area contributed by atoms with Crippen LogP contribution < -0.4 is 5.32 Å². The van der Waals surface area contributed by atoms with Crippen molar-refractivity contribution in [1.29, 1.82) is 0 Å². The van der Waals surface area contributed by atoms with Gasteiger partial charge in [0.05, 0.1) is 10.6 Å². The fraction of sp³-hybridized carbons (Fsp3) is 0.143. The molecular weight excluding hydrogens is 315 g/mol. The monoisotopic (exact) mass is 326 g/mol. The first-order chi connectivity index (χ1) is 9.97. The van der Waals surface area contributed by atoms with E-state index < -0.39 is 5.97 Å². The molecule has 0 spiro atoms. The molecule has 0 aliphatic rings. The zero-order valence-electron chi connectivity index (χ0n) is 10.8. The third-order valence-corrected chi connectivity index (χ3v) is 3.54. The van der Waals surface area contributed by atoms with E-state index in [1.807, 2.05) is 0 Å². The molecule has 0 saturated heterocycles. The Kier molecular flexibility index (Phi) is 4.88. The van der Waals surface area contributed by atoms with E-state index in [1.54, 1.807) is 18.2 Å². The molecule has 0 aliphatic carbocycles. The van der Waals surface area contributed by atoms with Gasteiger partial charge in [-0.1, -0.05) is 35.3 Å². The number of carboxylic acids is 1. The van der Waals surface area contributed by atoms with Crippen molar-refractivity contribution in [2.75, 3.05) is 6.54 Å². The van der Waals surface area contributed by atoms with Gasteiger partial charge < -0.3 is 15.4 Å². The van der Waals surface area contributed by atoms with Crippen LogP contribution in [-0.2, 0) is 6.42 Å². The van der Waals surface area contributed by atoms with Crippen LogP contribution in [0.25, 0.3) is 0 Å². The van der Waals surface area contributed by atoms with E-state index in [-0.39, 0.29) is 27.3 Å². The molecule has 110 valence electrons. The standard InChI is InChI=1S/C14H12Cl2N2O3/c15-10-7-11(18-12(10)16)13(19)17-5-4-8-2-1-3-9(6-8)14(20)21/h1-3,6-7,18H,4-5H2,(H,17,19)(H,20,21). The minimum Gasteiger partial charge on any atom is -0.478 e. The SMILES string of the molecule is O=C(O)c1cccc(CCNC(=O)c2cc(Cl)c(Cl)[nH]2)c1. The summed E-state index contributed by atoms with van der Waals surface area (Å²) < 4.78 is 0. The molecule has 2 aromatic rings. The number of carbonyl (C=O) groups excluding carboxylic acids is 1. The molecule has 1 amide bonds. The van der Waals surface area contributed by atoms with E-state index in [2.05, 4.69) is 10.3 Å². The summed E-state index contributed by atoms with van der Waals surface area (Å²) in [6.07, 6.45) is 0.523. The molecule has 0 fully saturated rings. The smallest absolute Gasteiger partial charge is 0.335 e. The van der Waals surface area contributed by atoms with Crippen LogP contribution in [0.3, 0.4) is 0 Å². The summed E-state index contributed by atoms with van der Waals surface area (Å²) in [5, 5.41) is 12.1. The van der Waals surface area contributed by atoms with Crippen LogP contribution in [0, 0.1) is 0 Å². The Labute approximate surface area is 130 Å². The van der Waals surface area contributed by atoms with Gasteiger partial charge in [0.25, 0.3) is 5.91 Å². The van der Waals surface area contributed by atoms with Crippen molar-refractivity contribution in [3.8, 4) is 0 Å². The van der Waals surface area contributed by atoms with Crippen LogP contribution in [0.5, 0.6) is 0 Å². The Hall–Kier alpha value is -1.98. The normalized spacial score (nSPS) is 10.4. The zero-order chi connectivity index (χ0) is 15.4. The van der Waals surface area contributed by atoms with Gasteiger partial charge in [-0.25, -0.2) is 4.79 Å². The van der Waals surface area contributed by atoms with Gasteiger partial charge in [0, 0.05) is 6.54 Å². The molecule has 5 nitrogen and oxygen atoms in total. The number of amides is 1. The van der Waals surface area contributed by atoms with Gasteiger partial charge in [0.2, 0.25) is 0 Å². The van der Waals surface area contributed by atoms with E-state index in [0.29, 0.717) is 13.0 Å². The van der Waals surface area contributed by atoms with Gasteiger partial charge in [0.1, 0.15) is 10.8 Å². The van der Waals surface area contributed by atoms with Crippen molar-refractivity contribution < 1.29 is 14.7 Å². The van der Waals surface area contributed by atoms with Crippen molar-refractivity contribution in [2.24, 2.45) is 0 Å². The molecule has 3 N–H and O–H groups in total. The summed E-state index contributed by atoms with van der Waals surface area (Å²) in [5.41, 5.74) is 1.34. The van der Waals surface area contributed by atoms with E-state index >= 15 is 0 Å². The fourth-order valence-electron chi connectivity index (χ4n) is 1.80. The third kappa shape index (κ3) is 4.00. The number of aromatic carboxylic acids is 1. The molecule has 0 atom stereocenters. The molecule has 1 aromatic carbocycles. The molecule has 0 saturated carbocycles. The number of aromatic amines is 1. The van der Waals surface area contributed by atoms with Gasteiger partial charge in [-0.3, -0.25) is 4.79 Å². The van der Waals surface area contributed by atoms with Crippen molar-refractivity contribution >= 4 is 35.1 Å². The number of hydrogen-bond acceptors (Lipinski definition) is 2. The second kappa shape index (κ2) is 6.65. The van der Waals surface area contributed by atoms with E-state index in [9.17, 15) is 9.59 Å². The summed E-state index contributed by atoms with van der Waals surface area (Å²) in [5.74, 6) is -1.30. The Bertz CT molecular complexity index is 663. The minimum atomic E-state index is -0.975. The molecule has 2 rings (SSSR count). The lowest BCUT2D eigenvalue weighted by molar-refractivity contribution is 0.0696. The number of hydrogen-bond donors (Lipinski definition) is 3. The van der Waals surface area contributed by atoms with Crippen molar-refractivity contribution in [3.05, 3.63) is 57.3 Å². The predicted molar refractivity (Wildman–Crippen MR) is 80.3 cm³/mol. The molecule has 0 radical (unpaired) electrons. The zero-order valence-corrected chi connectivity index (χ0v) is 12.3. The molecule has 1 aromatic heterocycles. The van der Waals surface area contributed by atoms with Crippen LogP contribution in [0.1, 0.15) is 26.4 Å². The van der Waals surface area contributed by atoms with Crippen LogP contribution in [-0.4, -0.2) is 28.5 Å². The number of nitrogens with one attached hydrogen (secondary N) is 2. The number of H-pyrrole nitrogens is 1. The van der Waals surface area contributed by atoms with Gasteiger partial charge >= 0.3 is 5.97 Å². The maximum absolute atomic E-state index is 11.8. The number of aromatic nitrogens is 1. The molecular formula is C14H12Cl2N2O3. The van der Waals surface area contributed by atoms with Gasteiger partial charge in [0.15, 0.2) is 0 Å². The molecule has 1 heterocycles. The average Bonchev–Trinajstić information content (AvgIpc) is 2.79. The Morgan fingerprint density at radius 3 is 2.62 bits per heavy atom. The predicted octanol–water partition coefficient (Wildman–Crippen LogP) is 2.99. The molecule has 0 unspecified atom stereocenters. The first kappa shape index (κ1) is 15.4. The van der Waals surface area contributed by atoms with Crippen LogP contribution in [0.4, 0.5) is 0 Å². The highest BCUT2D eigenvalue weighted by molar-refractivity contribution is 6.41. The number of benzene rings is 1. The molecule has 21 heavy (non-hydrogen) atoms. The summed E-state index contributed by atoms with van der Waals surface area (Å²) >= 11 is 11.5. The number of carbonyl (C=O) groups is 2. The van der Waals surface area contributed by atoms with Crippen molar-refractivity contribution in [3.63, 3.8) is 0 Å². The summed E-state index contributed by atoms with van der Waals surface area (Å²) in [4.78, 5) is 25.3. The summed E-state index contributed by atoms with van der Waals surface area (Å²) in [6.45, 7) is 0.371. The summed E-state index contributed by atoms with van der Waals surface area (Å²) in [7, 11) is 0. The second-order valence-corrected chi connectivity index (χ2v) is 5.14. The van der Waals surface area contributed by atoms with E-state index in [0.717, 1.165) is 5.56 Å². The van der Waals surface area contributed by atoms with Crippen molar-refractivity contribution in [2.45, 2.75) is 6.42 Å². The Balaban J connectivity index is 1.91. The van der Waals surface area contributed by atoms with Crippen LogP contribution in [0.2, 0.25) is 10.2 Å². The highest BCUT2D eigenvalue weighted by atomic mass is 35.5. The number of halogens is 2. The average molecular weight is 327 g/mol. The lowest BCUT2D eigenvalue weighted by Crippen LogP contribution is -2.26. The topological polar surface area (TPSA) is 82.2 Å². The van der Waals surface area contributed by atoms with Crippen molar-refractivity contribution in [1.82, 2.24) is 10.3 Å². The van der Waals surface area contributed by atoms with Gasteiger partial charge in [-0.15, -0.1) is 0 Å². The van der Waals surface area contributed by atoms with Gasteiger partial charge in [-0.2, -0.15) is 0 Å². The first-order valence-corrected chi connectivity index (χ1v) is 6.87. The third-order valence-electron chi connectivity index (χ3n) is 2.84. The second-order valence-electron chi connectivity index (χ2n) is 4.36. The maximum atomic E-state index is 11.8. The molecule has 0 aliphatic heterocycles. The molecule has 7 heteroatoms. The first-order valence-electron chi connectivity index (χ1n) is 6.12. The maximum Gasteiger partial charge on any atom is 0.335 e. The summed E-state index contributed by atoms with van der Waals surface area (Å²) in [6, 6.07) is 8.03. The van der Waals surface area contributed by atoms with E-state index in [4.69, 9.17) is 28.3 Å². The van der Waals surface area contributed by atoms with Crippen LogP contribution >= 0.6 is 23.2 Å². The van der Waals surface area contributed by atoms with E-state index in [1.165, 1.54) is 12.1 Å². The minimum absolute atomic E-state index is 0.218. The Morgan fingerprint density at radius 1 is 1.24 bits per heavy atom. The molecule has 0 bridgehead atoms. The van der Waals surface area contributed by atoms with Crippen LogP contribution in [0.15, 0.2) is 30.3 Å². The highest BCUT2D eigenvalue weighted by Gasteiger charge is 2.11. The van der Waals surface area contributed by atoms with Gasteiger partial charge in [-0.05, 0) is 30.2 Å². The highest BCUT2D eigenvalue weighted by Crippen LogP contribution is 2.21.